The highest BCUT2D eigenvalue weighted by molar-refractivity contribution is 6.30. The zero-order valence-corrected chi connectivity index (χ0v) is 22.4. The number of H-pyrrole nitrogens is 1. The number of aromatic nitrogens is 6. The molecule has 3 heterocycles. The topological polar surface area (TPSA) is 96.3 Å². The minimum atomic E-state index is 0.542. The fourth-order valence-corrected chi connectivity index (χ4v) is 4.60. The average Bonchev–Trinajstić information content (AvgIpc) is 3.51. The van der Waals surface area contributed by atoms with Crippen molar-refractivity contribution in [1.29, 1.82) is 0 Å². The van der Waals surface area contributed by atoms with E-state index in [1.165, 1.54) is 5.56 Å². The fourth-order valence-electron chi connectivity index (χ4n) is 4.48. The Morgan fingerprint density at radius 1 is 0.872 bits per heavy atom. The number of rotatable bonds is 8. The minimum Gasteiger partial charge on any atom is -0.352 e. The van der Waals surface area contributed by atoms with E-state index in [4.69, 9.17) is 16.6 Å². The van der Waals surface area contributed by atoms with Crippen LogP contribution in [0.15, 0.2) is 85.2 Å². The molecule has 0 aliphatic rings. The monoisotopic (exact) mass is 534 g/mol. The van der Waals surface area contributed by atoms with Crippen molar-refractivity contribution in [3.05, 3.63) is 113 Å². The molecule has 0 saturated carbocycles. The number of halogens is 1. The first-order valence-electron chi connectivity index (χ1n) is 12.6. The molecule has 0 aliphatic heterocycles. The van der Waals surface area contributed by atoms with Crippen LogP contribution in [0.5, 0.6) is 0 Å². The van der Waals surface area contributed by atoms with Gasteiger partial charge in [-0.2, -0.15) is 5.10 Å². The lowest BCUT2D eigenvalue weighted by Gasteiger charge is -2.09. The second kappa shape index (κ2) is 10.6. The molecule has 0 radical (unpaired) electrons. The lowest BCUT2D eigenvalue weighted by atomic mass is 10.1. The van der Waals surface area contributed by atoms with Crippen LogP contribution in [0.2, 0.25) is 5.02 Å². The van der Waals surface area contributed by atoms with Gasteiger partial charge in [-0.1, -0.05) is 41.9 Å². The van der Waals surface area contributed by atoms with Gasteiger partial charge in [0.2, 0.25) is 11.9 Å². The van der Waals surface area contributed by atoms with Crippen molar-refractivity contribution in [3.63, 3.8) is 0 Å². The van der Waals surface area contributed by atoms with Crippen molar-refractivity contribution < 1.29 is 0 Å². The molecule has 6 aromatic rings. The van der Waals surface area contributed by atoms with Gasteiger partial charge in [0.25, 0.3) is 0 Å². The van der Waals surface area contributed by atoms with Crippen LogP contribution in [-0.2, 0) is 20.0 Å². The minimum absolute atomic E-state index is 0.542. The van der Waals surface area contributed by atoms with Crippen LogP contribution in [0.3, 0.4) is 0 Å². The van der Waals surface area contributed by atoms with Crippen LogP contribution in [0, 0.1) is 6.92 Å². The molecule has 0 saturated heterocycles. The van der Waals surface area contributed by atoms with Crippen molar-refractivity contribution in [2.75, 3.05) is 10.6 Å². The Balaban J connectivity index is 1.08. The molecule has 3 N–H and O–H groups in total. The number of nitrogens with zero attached hydrogens (tertiary/aromatic N) is 5. The average molecular weight is 535 g/mol. The van der Waals surface area contributed by atoms with E-state index in [0.29, 0.717) is 17.5 Å². The standard InChI is InChI=1S/C30H27ClN8/c1-19-13-26(38-37-19)14-21-5-12-27-28(15-21)39(2)30(36-27)34-16-20-3-10-25(11-4-20)35-29-32-17-23(18-33-29)22-6-8-24(31)9-7-22/h3-13,15,17-18H,14,16H2,1-2H3,(H,34,36)(H,37,38)(H,32,33,35). The Hall–Kier alpha value is -4.69. The van der Waals surface area contributed by atoms with Gasteiger partial charge in [0.05, 0.1) is 16.7 Å². The largest absolute Gasteiger partial charge is 0.352 e. The first-order valence-corrected chi connectivity index (χ1v) is 13.0. The van der Waals surface area contributed by atoms with Crippen molar-refractivity contribution in [2.24, 2.45) is 7.05 Å². The molecule has 6 rings (SSSR count). The van der Waals surface area contributed by atoms with E-state index < -0.39 is 0 Å². The molecule has 0 unspecified atom stereocenters. The summed E-state index contributed by atoms with van der Waals surface area (Å²) in [5.74, 6) is 1.37. The van der Waals surface area contributed by atoms with E-state index in [9.17, 15) is 0 Å². The number of imidazole rings is 1. The molecular formula is C30H27ClN8. The third-order valence-electron chi connectivity index (χ3n) is 6.58. The molecular weight excluding hydrogens is 508 g/mol. The summed E-state index contributed by atoms with van der Waals surface area (Å²) < 4.78 is 2.09. The quantitative estimate of drug-likeness (QED) is 0.202. The van der Waals surface area contributed by atoms with Crippen molar-refractivity contribution in [3.8, 4) is 11.1 Å². The maximum Gasteiger partial charge on any atom is 0.227 e. The molecule has 39 heavy (non-hydrogen) atoms. The summed E-state index contributed by atoms with van der Waals surface area (Å²) in [6.07, 6.45) is 4.38. The maximum atomic E-state index is 5.98. The van der Waals surface area contributed by atoms with E-state index in [2.05, 4.69) is 71.8 Å². The lowest BCUT2D eigenvalue weighted by molar-refractivity contribution is 0.926. The maximum absolute atomic E-state index is 5.98. The number of fused-ring (bicyclic) bond motifs is 1. The molecule has 0 atom stereocenters. The molecule has 3 aromatic carbocycles. The Bertz CT molecular complexity index is 1720. The summed E-state index contributed by atoms with van der Waals surface area (Å²) in [6, 6.07) is 24.3. The van der Waals surface area contributed by atoms with Gasteiger partial charge in [-0.15, -0.1) is 0 Å². The molecule has 0 amide bonds. The van der Waals surface area contributed by atoms with E-state index in [1.807, 2.05) is 50.4 Å². The zero-order chi connectivity index (χ0) is 26.8. The van der Waals surface area contributed by atoms with Crippen molar-refractivity contribution >= 4 is 40.2 Å². The molecule has 9 heteroatoms. The number of aryl methyl sites for hydroxylation is 2. The highest BCUT2D eigenvalue weighted by Crippen LogP contribution is 2.23. The normalized spacial score (nSPS) is 11.2. The van der Waals surface area contributed by atoms with Gasteiger partial charge in [-0.25, -0.2) is 15.0 Å². The van der Waals surface area contributed by atoms with Gasteiger partial charge in [-0.05, 0) is 66.1 Å². The molecule has 0 aliphatic carbocycles. The number of hydrogen-bond acceptors (Lipinski definition) is 6. The predicted molar refractivity (Wildman–Crippen MR) is 156 cm³/mol. The van der Waals surface area contributed by atoms with Crippen molar-refractivity contribution in [2.45, 2.75) is 19.9 Å². The molecule has 8 nitrogen and oxygen atoms in total. The van der Waals surface area contributed by atoms with Gasteiger partial charge in [-0.3, -0.25) is 5.10 Å². The Labute approximate surface area is 231 Å². The summed E-state index contributed by atoms with van der Waals surface area (Å²) in [5.41, 5.74) is 9.37. The van der Waals surface area contributed by atoms with Gasteiger partial charge in [0.15, 0.2) is 0 Å². The third-order valence-corrected chi connectivity index (χ3v) is 6.83. The van der Waals surface area contributed by atoms with Gasteiger partial charge in [0, 0.05) is 54.4 Å². The van der Waals surface area contributed by atoms with Gasteiger partial charge >= 0.3 is 0 Å². The fraction of sp³-hybridized carbons (Fsp3) is 0.133. The van der Waals surface area contributed by atoms with E-state index >= 15 is 0 Å². The third kappa shape index (κ3) is 5.61. The second-order valence-corrected chi connectivity index (χ2v) is 9.95. The van der Waals surface area contributed by atoms with Gasteiger partial charge < -0.3 is 15.2 Å². The van der Waals surface area contributed by atoms with Crippen LogP contribution in [0.25, 0.3) is 22.2 Å². The second-order valence-electron chi connectivity index (χ2n) is 9.51. The highest BCUT2D eigenvalue weighted by Gasteiger charge is 2.10. The van der Waals surface area contributed by atoms with E-state index in [0.717, 1.165) is 57.2 Å². The summed E-state index contributed by atoms with van der Waals surface area (Å²) in [6.45, 7) is 2.67. The van der Waals surface area contributed by atoms with Crippen LogP contribution in [-0.4, -0.2) is 29.7 Å². The first kappa shape index (κ1) is 24.6. The molecule has 3 aromatic heterocycles. The van der Waals surface area contributed by atoms with Crippen LogP contribution < -0.4 is 10.6 Å². The zero-order valence-electron chi connectivity index (χ0n) is 21.6. The summed E-state index contributed by atoms with van der Waals surface area (Å²) in [5, 5.41) is 14.8. The summed E-state index contributed by atoms with van der Waals surface area (Å²) >= 11 is 5.98. The van der Waals surface area contributed by atoms with E-state index in [-0.39, 0.29) is 0 Å². The first-order chi connectivity index (χ1) is 19.0. The number of hydrogen-bond donors (Lipinski definition) is 3. The summed E-state index contributed by atoms with van der Waals surface area (Å²) in [4.78, 5) is 13.7. The van der Waals surface area contributed by atoms with Crippen LogP contribution >= 0.6 is 11.6 Å². The number of aromatic amines is 1. The Morgan fingerprint density at radius 3 is 2.33 bits per heavy atom. The predicted octanol–water partition coefficient (Wildman–Crippen LogP) is 6.66. The van der Waals surface area contributed by atoms with E-state index in [1.54, 1.807) is 12.4 Å². The lowest BCUT2D eigenvalue weighted by Crippen LogP contribution is -2.05. The van der Waals surface area contributed by atoms with Crippen molar-refractivity contribution in [1.82, 2.24) is 29.7 Å². The van der Waals surface area contributed by atoms with Crippen LogP contribution in [0.4, 0.5) is 17.6 Å². The highest BCUT2D eigenvalue weighted by atomic mass is 35.5. The smallest absolute Gasteiger partial charge is 0.227 e. The van der Waals surface area contributed by atoms with Gasteiger partial charge in [0.1, 0.15) is 0 Å². The molecule has 194 valence electrons. The number of benzene rings is 3. The molecule has 0 fully saturated rings. The Morgan fingerprint density at radius 2 is 1.62 bits per heavy atom. The summed E-state index contributed by atoms with van der Waals surface area (Å²) in [7, 11) is 2.03. The van der Waals surface area contributed by atoms with Crippen LogP contribution in [0.1, 0.15) is 22.5 Å². The number of nitrogens with one attached hydrogen (secondary N) is 3. The Kier molecular flexibility index (Phi) is 6.69. The number of anilines is 3. The SMILES string of the molecule is Cc1cc(Cc2ccc3nc(NCc4ccc(Nc5ncc(-c6ccc(Cl)cc6)cn5)cc4)n(C)c3c2)n[nH]1. The molecule has 0 bridgehead atoms. The molecule has 0 spiro atoms.